The molecule has 2 aromatic rings. The molecule has 1 saturated heterocycles. The molecule has 1 atom stereocenters. The summed E-state index contributed by atoms with van der Waals surface area (Å²) >= 11 is 0. The van der Waals surface area contributed by atoms with E-state index in [-0.39, 0.29) is 17.5 Å². The lowest BCUT2D eigenvalue weighted by atomic mass is 9.64. The van der Waals surface area contributed by atoms with E-state index >= 15 is 0 Å². The van der Waals surface area contributed by atoms with Crippen molar-refractivity contribution in [2.45, 2.75) is 43.6 Å². The van der Waals surface area contributed by atoms with Crippen LogP contribution in [0, 0.1) is 0 Å². The molecule has 2 fully saturated rings. The molecule has 2 aliphatic rings. The van der Waals surface area contributed by atoms with Crippen LogP contribution in [0.3, 0.4) is 0 Å². The minimum Gasteiger partial charge on any atom is -0.497 e. The standard InChI is InChI=1S/C23H28N2O2/c1-27-20-12-10-18(11-13-20)21-9-5-16-25(21)22(26)24-17-23(14-6-15-23)19-7-3-2-4-8-19/h2-4,7-8,10-13,21H,5-6,9,14-17H2,1H3,(H,24,26). The summed E-state index contributed by atoms with van der Waals surface area (Å²) < 4.78 is 5.25. The molecule has 1 saturated carbocycles. The van der Waals surface area contributed by atoms with E-state index in [0.717, 1.165) is 44.5 Å². The van der Waals surface area contributed by atoms with Gasteiger partial charge in [0, 0.05) is 18.5 Å². The van der Waals surface area contributed by atoms with Crippen LogP contribution in [0.25, 0.3) is 0 Å². The Hall–Kier alpha value is -2.49. The number of amides is 2. The monoisotopic (exact) mass is 364 g/mol. The molecule has 0 aromatic heterocycles. The number of ether oxygens (including phenoxy) is 1. The predicted octanol–water partition coefficient (Wildman–Crippen LogP) is 4.66. The topological polar surface area (TPSA) is 41.6 Å². The number of hydrogen-bond donors (Lipinski definition) is 1. The van der Waals surface area contributed by atoms with Crippen molar-refractivity contribution in [3.63, 3.8) is 0 Å². The van der Waals surface area contributed by atoms with Crippen LogP contribution in [0.15, 0.2) is 54.6 Å². The van der Waals surface area contributed by atoms with Gasteiger partial charge in [-0.1, -0.05) is 48.9 Å². The molecule has 2 amide bonds. The molecule has 1 heterocycles. The maximum atomic E-state index is 13.0. The minimum atomic E-state index is 0.0653. The van der Waals surface area contributed by atoms with E-state index in [0.29, 0.717) is 0 Å². The highest BCUT2D eigenvalue weighted by Gasteiger charge is 2.39. The zero-order valence-electron chi connectivity index (χ0n) is 16.0. The van der Waals surface area contributed by atoms with E-state index in [4.69, 9.17) is 4.74 Å². The maximum Gasteiger partial charge on any atom is 0.317 e. The van der Waals surface area contributed by atoms with Crippen molar-refractivity contribution in [1.29, 1.82) is 0 Å². The summed E-state index contributed by atoms with van der Waals surface area (Å²) in [5, 5.41) is 3.25. The zero-order chi connectivity index (χ0) is 18.7. The molecular formula is C23H28N2O2. The van der Waals surface area contributed by atoms with Gasteiger partial charge in [0.2, 0.25) is 0 Å². The number of hydrogen-bond acceptors (Lipinski definition) is 2. The summed E-state index contributed by atoms with van der Waals surface area (Å²) in [4.78, 5) is 15.0. The van der Waals surface area contributed by atoms with Crippen LogP contribution in [0.2, 0.25) is 0 Å². The molecule has 1 aliphatic heterocycles. The van der Waals surface area contributed by atoms with Crippen molar-refractivity contribution in [2.24, 2.45) is 0 Å². The van der Waals surface area contributed by atoms with Crippen LogP contribution >= 0.6 is 0 Å². The van der Waals surface area contributed by atoms with Crippen LogP contribution in [0.1, 0.15) is 49.3 Å². The molecule has 4 heteroatoms. The van der Waals surface area contributed by atoms with Gasteiger partial charge in [0.1, 0.15) is 5.75 Å². The summed E-state index contributed by atoms with van der Waals surface area (Å²) in [6, 6.07) is 19.0. The number of rotatable bonds is 5. The lowest BCUT2D eigenvalue weighted by Crippen LogP contribution is -2.49. The Labute approximate surface area is 161 Å². The van der Waals surface area contributed by atoms with Crippen LogP contribution in [-0.2, 0) is 5.41 Å². The number of carbonyl (C=O) groups is 1. The average molecular weight is 364 g/mol. The van der Waals surface area contributed by atoms with Gasteiger partial charge in [0.15, 0.2) is 0 Å². The highest BCUT2D eigenvalue weighted by molar-refractivity contribution is 5.75. The molecule has 0 spiro atoms. The Bertz CT molecular complexity index is 769. The number of carbonyl (C=O) groups excluding carboxylic acids is 1. The first-order valence-electron chi connectivity index (χ1n) is 9.96. The number of nitrogens with one attached hydrogen (secondary N) is 1. The minimum absolute atomic E-state index is 0.0653. The van der Waals surface area contributed by atoms with Gasteiger partial charge in [0.05, 0.1) is 13.2 Å². The second-order valence-electron chi connectivity index (χ2n) is 7.78. The van der Waals surface area contributed by atoms with E-state index in [1.807, 2.05) is 17.0 Å². The SMILES string of the molecule is COc1ccc(C2CCCN2C(=O)NCC2(c3ccccc3)CCC2)cc1. The average Bonchev–Trinajstić information content (AvgIpc) is 3.18. The van der Waals surface area contributed by atoms with Gasteiger partial charge in [-0.3, -0.25) is 0 Å². The van der Waals surface area contributed by atoms with Gasteiger partial charge >= 0.3 is 6.03 Å². The number of nitrogens with zero attached hydrogens (tertiary/aromatic N) is 1. The Balaban J connectivity index is 1.42. The van der Waals surface area contributed by atoms with Crippen molar-refractivity contribution in [2.75, 3.05) is 20.2 Å². The van der Waals surface area contributed by atoms with E-state index < -0.39 is 0 Å². The number of likely N-dealkylation sites (tertiary alicyclic amines) is 1. The highest BCUT2D eigenvalue weighted by atomic mass is 16.5. The second kappa shape index (κ2) is 7.63. The van der Waals surface area contributed by atoms with Gasteiger partial charge in [-0.2, -0.15) is 0 Å². The zero-order valence-corrected chi connectivity index (χ0v) is 16.0. The molecule has 1 unspecified atom stereocenters. The first-order chi connectivity index (χ1) is 13.2. The molecule has 4 nitrogen and oxygen atoms in total. The summed E-state index contributed by atoms with van der Waals surface area (Å²) in [7, 11) is 1.67. The third-order valence-corrected chi connectivity index (χ3v) is 6.29. The van der Waals surface area contributed by atoms with Crippen LogP contribution in [0.4, 0.5) is 4.79 Å². The summed E-state index contributed by atoms with van der Waals surface area (Å²) in [5.41, 5.74) is 2.65. The molecule has 2 aromatic carbocycles. The maximum absolute atomic E-state index is 13.0. The van der Waals surface area contributed by atoms with Crippen molar-refractivity contribution in [3.05, 3.63) is 65.7 Å². The first-order valence-corrected chi connectivity index (χ1v) is 9.96. The predicted molar refractivity (Wildman–Crippen MR) is 107 cm³/mol. The smallest absolute Gasteiger partial charge is 0.317 e. The fourth-order valence-electron chi connectivity index (χ4n) is 4.49. The fraction of sp³-hybridized carbons (Fsp3) is 0.435. The van der Waals surface area contributed by atoms with Gasteiger partial charge in [0.25, 0.3) is 0 Å². The first kappa shape index (κ1) is 17.9. The molecule has 142 valence electrons. The molecule has 1 N–H and O–H groups in total. The van der Waals surface area contributed by atoms with E-state index in [2.05, 4.69) is 47.8 Å². The third kappa shape index (κ3) is 3.53. The van der Waals surface area contributed by atoms with Gasteiger partial charge < -0.3 is 15.0 Å². The Morgan fingerprint density at radius 2 is 1.85 bits per heavy atom. The number of benzene rings is 2. The van der Waals surface area contributed by atoms with Crippen molar-refractivity contribution in [1.82, 2.24) is 10.2 Å². The van der Waals surface area contributed by atoms with Crippen molar-refractivity contribution in [3.8, 4) is 5.75 Å². The summed E-state index contributed by atoms with van der Waals surface area (Å²) in [6.45, 7) is 1.54. The molecule has 4 rings (SSSR count). The summed E-state index contributed by atoms with van der Waals surface area (Å²) in [6.07, 6.45) is 5.61. The largest absolute Gasteiger partial charge is 0.497 e. The lowest BCUT2D eigenvalue weighted by molar-refractivity contribution is 0.179. The molecule has 27 heavy (non-hydrogen) atoms. The Morgan fingerprint density at radius 3 is 2.48 bits per heavy atom. The van der Waals surface area contributed by atoms with E-state index in [9.17, 15) is 4.79 Å². The second-order valence-corrected chi connectivity index (χ2v) is 7.78. The Morgan fingerprint density at radius 1 is 1.11 bits per heavy atom. The van der Waals surface area contributed by atoms with Crippen LogP contribution in [-0.4, -0.2) is 31.1 Å². The fourth-order valence-corrected chi connectivity index (χ4v) is 4.49. The number of urea groups is 1. The number of methoxy groups -OCH3 is 1. The van der Waals surface area contributed by atoms with Gasteiger partial charge in [-0.05, 0) is 48.9 Å². The Kier molecular flexibility index (Phi) is 5.06. The summed E-state index contributed by atoms with van der Waals surface area (Å²) in [5.74, 6) is 0.850. The van der Waals surface area contributed by atoms with Crippen molar-refractivity contribution < 1.29 is 9.53 Å². The molecule has 0 radical (unpaired) electrons. The molecule has 0 bridgehead atoms. The van der Waals surface area contributed by atoms with E-state index in [1.54, 1.807) is 7.11 Å². The highest BCUT2D eigenvalue weighted by Crippen LogP contribution is 2.43. The van der Waals surface area contributed by atoms with Gasteiger partial charge in [-0.15, -0.1) is 0 Å². The van der Waals surface area contributed by atoms with Crippen molar-refractivity contribution >= 4 is 6.03 Å². The van der Waals surface area contributed by atoms with Gasteiger partial charge in [-0.25, -0.2) is 4.79 Å². The normalized spacial score (nSPS) is 20.8. The van der Waals surface area contributed by atoms with Crippen LogP contribution in [0.5, 0.6) is 5.75 Å². The molecule has 1 aliphatic carbocycles. The van der Waals surface area contributed by atoms with E-state index in [1.165, 1.54) is 17.5 Å². The lowest BCUT2D eigenvalue weighted by Gasteiger charge is -2.43. The third-order valence-electron chi connectivity index (χ3n) is 6.29. The van der Waals surface area contributed by atoms with Crippen LogP contribution < -0.4 is 10.1 Å². The molecular weight excluding hydrogens is 336 g/mol. The quantitative estimate of drug-likeness (QED) is 0.838.